The van der Waals surface area contributed by atoms with Crippen molar-refractivity contribution >= 4 is 11.5 Å². The minimum atomic E-state index is -3.20. The topological polar surface area (TPSA) is 82.3 Å². The van der Waals surface area contributed by atoms with Gasteiger partial charge in [-0.2, -0.15) is 8.78 Å². The SMILES string of the molecule is O=C(c1cccnc1)c1c(OC(F)F)cccc1[N+](=O)[O-]. The van der Waals surface area contributed by atoms with Gasteiger partial charge in [-0.3, -0.25) is 19.9 Å². The van der Waals surface area contributed by atoms with E-state index in [2.05, 4.69) is 9.72 Å². The van der Waals surface area contributed by atoms with Crippen LogP contribution in [0.5, 0.6) is 5.75 Å². The van der Waals surface area contributed by atoms with Gasteiger partial charge in [-0.1, -0.05) is 6.07 Å². The van der Waals surface area contributed by atoms with Crippen LogP contribution in [0, 0.1) is 10.1 Å². The van der Waals surface area contributed by atoms with Crippen LogP contribution in [-0.4, -0.2) is 22.3 Å². The molecule has 0 unspecified atom stereocenters. The van der Waals surface area contributed by atoms with Gasteiger partial charge in [0, 0.05) is 24.0 Å². The number of nitro groups is 1. The highest BCUT2D eigenvalue weighted by atomic mass is 19.3. The summed E-state index contributed by atoms with van der Waals surface area (Å²) in [4.78, 5) is 26.2. The Kier molecular flexibility index (Phi) is 4.17. The number of ketones is 1. The van der Waals surface area contributed by atoms with E-state index in [9.17, 15) is 23.7 Å². The maximum Gasteiger partial charge on any atom is 0.387 e. The molecule has 0 aliphatic carbocycles. The van der Waals surface area contributed by atoms with Crippen molar-refractivity contribution in [2.75, 3.05) is 0 Å². The Morgan fingerprint density at radius 3 is 2.62 bits per heavy atom. The van der Waals surface area contributed by atoms with E-state index in [0.29, 0.717) is 0 Å². The normalized spacial score (nSPS) is 10.4. The molecule has 0 aliphatic heterocycles. The number of aromatic nitrogens is 1. The maximum atomic E-state index is 12.4. The van der Waals surface area contributed by atoms with Gasteiger partial charge >= 0.3 is 6.61 Å². The number of halogens is 2. The first-order valence-electron chi connectivity index (χ1n) is 5.67. The van der Waals surface area contributed by atoms with Gasteiger partial charge in [0.15, 0.2) is 0 Å². The second-order valence-electron chi connectivity index (χ2n) is 3.86. The summed E-state index contributed by atoms with van der Waals surface area (Å²) in [6, 6.07) is 6.11. The molecule has 0 spiro atoms. The molecule has 2 rings (SSSR count). The minimum absolute atomic E-state index is 0.0333. The molecule has 21 heavy (non-hydrogen) atoms. The molecule has 1 heterocycles. The summed E-state index contributed by atoms with van der Waals surface area (Å²) in [7, 11) is 0. The molecule has 0 atom stereocenters. The molecule has 108 valence electrons. The summed E-state index contributed by atoms with van der Waals surface area (Å²) in [5, 5.41) is 11.0. The van der Waals surface area contributed by atoms with Gasteiger partial charge in [-0.05, 0) is 18.2 Å². The zero-order chi connectivity index (χ0) is 15.4. The molecule has 0 aliphatic rings. The molecule has 0 saturated heterocycles. The first kappa shape index (κ1) is 14.5. The quantitative estimate of drug-likeness (QED) is 0.481. The van der Waals surface area contributed by atoms with Crippen LogP contribution >= 0.6 is 0 Å². The number of nitrogens with zero attached hydrogens (tertiary/aromatic N) is 2. The number of nitro benzene ring substituents is 1. The molecule has 8 heteroatoms. The van der Waals surface area contributed by atoms with E-state index in [4.69, 9.17) is 0 Å². The fraction of sp³-hybridized carbons (Fsp3) is 0.0769. The van der Waals surface area contributed by atoms with Crippen LogP contribution in [0.2, 0.25) is 0 Å². The number of carbonyl (C=O) groups excluding carboxylic acids is 1. The van der Waals surface area contributed by atoms with E-state index in [1.807, 2.05) is 0 Å². The van der Waals surface area contributed by atoms with Crippen molar-refractivity contribution in [2.45, 2.75) is 6.61 Å². The van der Waals surface area contributed by atoms with Crippen molar-refractivity contribution in [1.82, 2.24) is 4.98 Å². The highest BCUT2D eigenvalue weighted by Gasteiger charge is 2.27. The van der Waals surface area contributed by atoms with Crippen molar-refractivity contribution in [1.29, 1.82) is 0 Å². The third-order valence-electron chi connectivity index (χ3n) is 2.57. The molecule has 0 radical (unpaired) electrons. The van der Waals surface area contributed by atoms with Gasteiger partial charge in [0.2, 0.25) is 5.78 Å². The summed E-state index contributed by atoms with van der Waals surface area (Å²) < 4.78 is 29.0. The van der Waals surface area contributed by atoms with E-state index in [-0.39, 0.29) is 5.56 Å². The molecular weight excluding hydrogens is 286 g/mol. The number of pyridine rings is 1. The third kappa shape index (κ3) is 3.16. The zero-order valence-corrected chi connectivity index (χ0v) is 10.4. The highest BCUT2D eigenvalue weighted by Crippen LogP contribution is 2.31. The molecule has 0 N–H and O–H groups in total. The van der Waals surface area contributed by atoms with Gasteiger partial charge in [0.25, 0.3) is 5.69 Å². The predicted octanol–water partition coefficient (Wildman–Crippen LogP) is 2.82. The molecule has 0 bridgehead atoms. The molecule has 0 amide bonds. The van der Waals surface area contributed by atoms with Crippen molar-refractivity contribution < 1.29 is 23.2 Å². The van der Waals surface area contributed by atoms with E-state index < -0.39 is 34.3 Å². The van der Waals surface area contributed by atoms with Crippen molar-refractivity contribution in [3.8, 4) is 5.75 Å². The monoisotopic (exact) mass is 294 g/mol. The van der Waals surface area contributed by atoms with E-state index >= 15 is 0 Å². The Labute approximate surface area is 117 Å². The van der Waals surface area contributed by atoms with Crippen molar-refractivity contribution in [3.05, 3.63) is 64.0 Å². The van der Waals surface area contributed by atoms with Gasteiger partial charge in [0.1, 0.15) is 11.3 Å². The summed E-state index contributed by atoms with van der Waals surface area (Å²) in [6.45, 7) is -3.20. The van der Waals surface area contributed by atoms with E-state index in [1.165, 1.54) is 24.5 Å². The zero-order valence-electron chi connectivity index (χ0n) is 10.4. The van der Waals surface area contributed by atoms with Crippen molar-refractivity contribution in [2.24, 2.45) is 0 Å². The second kappa shape index (κ2) is 6.04. The predicted molar refractivity (Wildman–Crippen MR) is 67.4 cm³/mol. The first-order valence-corrected chi connectivity index (χ1v) is 5.67. The third-order valence-corrected chi connectivity index (χ3v) is 2.57. The van der Waals surface area contributed by atoms with Crippen LogP contribution < -0.4 is 4.74 Å². The highest BCUT2D eigenvalue weighted by molar-refractivity contribution is 6.13. The Morgan fingerprint density at radius 1 is 1.29 bits per heavy atom. The maximum absolute atomic E-state index is 12.4. The molecule has 0 fully saturated rings. The standard InChI is InChI=1S/C13H8F2N2O4/c14-13(15)21-10-5-1-4-9(17(19)20)11(10)12(18)8-3-2-6-16-7-8/h1-7,13H. The summed E-state index contributed by atoms with van der Waals surface area (Å²) >= 11 is 0. The van der Waals surface area contributed by atoms with Crippen LogP contribution in [-0.2, 0) is 0 Å². The number of benzene rings is 1. The van der Waals surface area contributed by atoms with Crippen LogP contribution in [0.3, 0.4) is 0 Å². The van der Waals surface area contributed by atoms with Gasteiger partial charge in [-0.15, -0.1) is 0 Å². The number of ether oxygens (including phenoxy) is 1. The van der Waals surface area contributed by atoms with Crippen LogP contribution in [0.4, 0.5) is 14.5 Å². The molecule has 6 nitrogen and oxygen atoms in total. The fourth-order valence-corrected chi connectivity index (χ4v) is 1.74. The summed E-state index contributed by atoms with van der Waals surface area (Å²) in [5.41, 5.74) is -1.11. The number of hydrogen-bond acceptors (Lipinski definition) is 5. The molecule has 1 aromatic heterocycles. The molecular formula is C13H8F2N2O4. The van der Waals surface area contributed by atoms with Crippen LogP contribution in [0.25, 0.3) is 0 Å². The lowest BCUT2D eigenvalue weighted by molar-refractivity contribution is -0.385. The number of rotatable bonds is 5. The minimum Gasteiger partial charge on any atom is -0.434 e. The lowest BCUT2D eigenvalue weighted by Crippen LogP contribution is -2.11. The Balaban J connectivity index is 2.58. The average Bonchev–Trinajstić information content (AvgIpc) is 2.46. The molecule has 0 saturated carbocycles. The number of alkyl halides is 2. The Morgan fingerprint density at radius 2 is 2.05 bits per heavy atom. The van der Waals surface area contributed by atoms with Gasteiger partial charge in [-0.25, -0.2) is 0 Å². The van der Waals surface area contributed by atoms with E-state index in [0.717, 1.165) is 18.2 Å². The summed E-state index contributed by atoms with van der Waals surface area (Å²) in [6.07, 6.45) is 2.60. The largest absolute Gasteiger partial charge is 0.434 e. The van der Waals surface area contributed by atoms with Crippen LogP contribution in [0.15, 0.2) is 42.7 Å². The molecule has 1 aromatic carbocycles. The molecule has 2 aromatic rings. The number of hydrogen-bond donors (Lipinski definition) is 0. The van der Waals surface area contributed by atoms with Gasteiger partial charge < -0.3 is 4.74 Å². The van der Waals surface area contributed by atoms with Crippen LogP contribution in [0.1, 0.15) is 15.9 Å². The Bertz CT molecular complexity index is 677. The first-order chi connectivity index (χ1) is 10.0. The Hall–Kier alpha value is -2.90. The lowest BCUT2D eigenvalue weighted by Gasteiger charge is -2.10. The van der Waals surface area contributed by atoms with Gasteiger partial charge in [0.05, 0.1) is 4.92 Å². The lowest BCUT2D eigenvalue weighted by atomic mass is 10.0. The van der Waals surface area contributed by atoms with E-state index in [1.54, 1.807) is 0 Å². The van der Waals surface area contributed by atoms with Crippen molar-refractivity contribution in [3.63, 3.8) is 0 Å². The fourth-order valence-electron chi connectivity index (χ4n) is 1.74. The smallest absolute Gasteiger partial charge is 0.387 e. The number of carbonyl (C=O) groups is 1. The second-order valence-corrected chi connectivity index (χ2v) is 3.86. The average molecular weight is 294 g/mol. The summed E-state index contributed by atoms with van der Waals surface area (Å²) in [5.74, 6) is -1.36.